The molecule has 0 fully saturated rings. The second-order valence-electron chi connectivity index (χ2n) is 4.40. The normalized spacial score (nSPS) is 10.3. The third kappa shape index (κ3) is 5.53. The predicted octanol–water partition coefficient (Wildman–Crippen LogP) is 1.43. The smallest absolute Gasteiger partial charge is 0.255 e. The Morgan fingerprint density at radius 3 is 2.79 bits per heavy atom. The minimum atomic E-state index is -0.145. The monoisotopic (exact) mass is 282 g/mol. The second-order valence-corrected chi connectivity index (χ2v) is 4.69. The van der Waals surface area contributed by atoms with E-state index < -0.39 is 0 Å². The minimum Gasteiger partial charge on any atom is -0.358 e. The van der Waals surface area contributed by atoms with E-state index in [0.29, 0.717) is 5.56 Å². The van der Waals surface area contributed by atoms with E-state index in [2.05, 4.69) is 36.6 Å². The minimum absolute atomic E-state index is 0.145. The van der Waals surface area contributed by atoms with Gasteiger partial charge >= 0.3 is 0 Å². The summed E-state index contributed by atoms with van der Waals surface area (Å²) in [5.74, 6) is 0.727. The lowest BCUT2D eigenvalue weighted by atomic mass is 10.2. The van der Waals surface area contributed by atoms with Crippen LogP contribution in [-0.2, 0) is 0 Å². The maximum Gasteiger partial charge on any atom is 0.255 e. The van der Waals surface area contributed by atoms with Crippen LogP contribution in [0.5, 0.6) is 0 Å². The molecule has 1 amide bonds. The molecule has 0 saturated carbocycles. The maximum atomic E-state index is 11.4. The number of unbranched alkanes of at least 4 members (excludes halogenated alkanes) is 1. The van der Waals surface area contributed by atoms with Crippen LogP contribution in [0.1, 0.15) is 30.1 Å². The van der Waals surface area contributed by atoms with E-state index in [0.717, 1.165) is 25.5 Å². The van der Waals surface area contributed by atoms with Gasteiger partial charge in [0, 0.05) is 26.3 Å². The molecule has 2 N–H and O–H groups in total. The van der Waals surface area contributed by atoms with Crippen molar-refractivity contribution in [2.45, 2.75) is 19.8 Å². The van der Waals surface area contributed by atoms with Crippen LogP contribution in [0.3, 0.4) is 0 Å². The number of nitrogens with one attached hydrogen (secondary N) is 2. The highest BCUT2D eigenvalue weighted by Crippen LogP contribution is 2.09. The molecule has 5 nitrogen and oxygen atoms in total. The Labute approximate surface area is 117 Å². The van der Waals surface area contributed by atoms with Gasteiger partial charge in [0.1, 0.15) is 5.82 Å². The summed E-state index contributed by atoms with van der Waals surface area (Å²) in [6, 6.07) is 3.64. The standard InChI is InChI=1S/C13H23N4OP/c1-3-4-7-14-8-9-17(2)12-6-5-11(10-15-12)13(18)16-19/h5-6,10,14H,3-4,7-9,19H2,1-2H3,(H,16,18). The van der Waals surface area contributed by atoms with Crippen molar-refractivity contribution in [3.05, 3.63) is 23.9 Å². The van der Waals surface area contributed by atoms with Crippen molar-refractivity contribution in [3.63, 3.8) is 0 Å². The van der Waals surface area contributed by atoms with Gasteiger partial charge in [0.25, 0.3) is 5.91 Å². The van der Waals surface area contributed by atoms with Crippen molar-refractivity contribution >= 4 is 21.1 Å². The molecule has 1 aromatic heterocycles. The van der Waals surface area contributed by atoms with Gasteiger partial charge in [-0.1, -0.05) is 13.3 Å². The Morgan fingerprint density at radius 2 is 2.21 bits per heavy atom. The Morgan fingerprint density at radius 1 is 1.42 bits per heavy atom. The molecule has 0 aliphatic heterocycles. The van der Waals surface area contributed by atoms with E-state index in [1.165, 1.54) is 12.8 Å². The fourth-order valence-electron chi connectivity index (χ4n) is 1.62. The summed E-state index contributed by atoms with van der Waals surface area (Å²) in [4.78, 5) is 17.7. The second kappa shape index (κ2) is 8.83. The Bertz CT molecular complexity index is 383. The first-order chi connectivity index (χ1) is 9.19. The molecule has 0 aromatic carbocycles. The number of likely N-dealkylation sites (N-methyl/N-ethyl adjacent to an activating group) is 1. The Balaban J connectivity index is 2.40. The van der Waals surface area contributed by atoms with Crippen LogP contribution in [-0.4, -0.2) is 37.6 Å². The first-order valence-corrected chi connectivity index (χ1v) is 7.15. The number of carbonyl (C=O) groups excluding carboxylic acids is 1. The molecule has 1 aromatic rings. The SMILES string of the molecule is CCCCNCCN(C)c1ccc(C(=O)NP)cn1. The van der Waals surface area contributed by atoms with Gasteiger partial charge in [0.15, 0.2) is 0 Å². The number of nitrogens with zero attached hydrogens (tertiary/aromatic N) is 2. The van der Waals surface area contributed by atoms with Crippen LogP contribution < -0.4 is 15.3 Å². The van der Waals surface area contributed by atoms with E-state index in [1.54, 1.807) is 12.3 Å². The maximum absolute atomic E-state index is 11.4. The molecule has 19 heavy (non-hydrogen) atoms. The third-order valence-electron chi connectivity index (χ3n) is 2.86. The number of amides is 1. The summed E-state index contributed by atoms with van der Waals surface area (Å²) in [7, 11) is 4.19. The lowest BCUT2D eigenvalue weighted by Gasteiger charge is -2.18. The molecule has 106 valence electrons. The van der Waals surface area contributed by atoms with Crippen LogP contribution in [0.4, 0.5) is 5.82 Å². The average Bonchev–Trinajstić information content (AvgIpc) is 2.46. The predicted molar refractivity (Wildman–Crippen MR) is 82.5 cm³/mol. The number of anilines is 1. The molecule has 6 heteroatoms. The van der Waals surface area contributed by atoms with Crippen LogP contribution in [0.25, 0.3) is 0 Å². The largest absolute Gasteiger partial charge is 0.358 e. The number of aromatic nitrogens is 1. The summed E-state index contributed by atoms with van der Waals surface area (Å²) in [6.07, 6.45) is 4.01. The van der Waals surface area contributed by atoms with Crippen molar-refractivity contribution in [2.75, 3.05) is 31.6 Å². The van der Waals surface area contributed by atoms with Gasteiger partial charge in [-0.15, -0.1) is 0 Å². The lowest BCUT2D eigenvalue weighted by molar-refractivity contribution is 0.0983. The van der Waals surface area contributed by atoms with Crippen molar-refractivity contribution in [3.8, 4) is 0 Å². The van der Waals surface area contributed by atoms with Crippen LogP contribution in [0.2, 0.25) is 0 Å². The van der Waals surface area contributed by atoms with Gasteiger partial charge in [-0.3, -0.25) is 4.79 Å². The van der Waals surface area contributed by atoms with Crippen molar-refractivity contribution < 1.29 is 4.79 Å². The molecule has 0 bridgehead atoms. The molecule has 1 atom stereocenters. The Kier molecular flexibility index (Phi) is 7.38. The first kappa shape index (κ1) is 15.9. The van der Waals surface area contributed by atoms with Crippen molar-refractivity contribution in [1.29, 1.82) is 0 Å². The fraction of sp³-hybridized carbons (Fsp3) is 0.538. The van der Waals surface area contributed by atoms with Crippen LogP contribution in [0.15, 0.2) is 18.3 Å². The summed E-state index contributed by atoms with van der Waals surface area (Å²) < 4.78 is 0. The van der Waals surface area contributed by atoms with E-state index in [9.17, 15) is 4.79 Å². The quantitative estimate of drug-likeness (QED) is 0.559. The fourth-order valence-corrected chi connectivity index (χ4v) is 1.78. The number of hydrogen-bond acceptors (Lipinski definition) is 4. The van der Waals surface area contributed by atoms with Gasteiger partial charge in [-0.25, -0.2) is 4.98 Å². The van der Waals surface area contributed by atoms with Crippen molar-refractivity contribution in [2.24, 2.45) is 0 Å². The van der Waals surface area contributed by atoms with Gasteiger partial charge in [0.2, 0.25) is 0 Å². The molecule has 0 aliphatic carbocycles. The number of hydrogen-bond donors (Lipinski definition) is 2. The average molecular weight is 282 g/mol. The zero-order valence-corrected chi connectivity index (χ0v) is 12.8. The highest BCUT2D eigenvalue weighted by Gasteiger charge is 2.05. The number of rotatable bonds is 8. The molecule has 1 unspecified atom stereocenters. The first-order valence-electron chi connectivity index (χ1n) is 6.58. The van der Waals surface area contributed by atoms with E-state index in [-0.39, 0.29) is 5.91 Å². The molecular formula is C13H23N4OP. The van der Waals surface area contributed by atoms with E-state index in [4.69, 9.17) is 0 Å². The van der Waals surface area contributed by atoms with E-state index >= 15 is 0 Å². The molecule has 0 aliphatic rings. The summed E-state index contributed by atoms with van der Waals surface area (Å²) in [6.45, 7) is 5.08. The Hall–Kier alpha value is -1.19. The highest BCUT2D eigenvalue weighted by atomic mass is 31.0. The van der Waals surface area contributed by atoms with Crippen molar-refractivity contribution in [1.82, 2.24) is 15.4 Å². The lowest BCUT2D eigenvalue weighted by Crippen LogP contribution is -2.30. The van der Waals surface area contributed by atoms with Gasteiger partial charge in [-0.05, 0) is 34.5 Å². The molecule has 0 radical (unpaired) electrons. The molecule has 1 heterocycles. The molecule has 1 rings (SSSR count). The van der Waals surface area contributed by atoms with E-state index in [1.807, 2.05) is 13.1 Å². The van der Waals surface area contributed by atoms with Gasteiger partial charge < -0.3 is 15.3 Å². The third-order valence-corrected chi connectivity index (χ3v) is 3.13. The summed E-state index contributed by atoms with van der Waals surface area (Å²) >= 11 is 0. The number of pyridine rings is 1. The van der Waals surface area contributed by atoms with Crippen LogP contribution >= 0.6 is 9.39 Å². The highest BCUT2D eigenvalue weighted by molar-refractivity contribution is 7.15. The summed E-state index contributed by atoms with van der Waals surface area (Å²) in [5.41, 5.74) is 0.563. The van der Waals surface area contributed by atoms with Crippen LogP contribution in [0, 0.1) is 0 Å². The summed E-state index contributed by atoms with van der Waals surface area (Å²) in [5, 5.41) is 5.89. The topological polar surface area (TPSA) is 57.3 Å². The number of carbonyl (C=O) groups is 1. The molecule has 0 saturated heterocycles. The van der Waals surface area contributed by atoms with Gasteiger partial charge in [0.05, 0.1) is 5.56 Å². The molecular weight excluding hydrogens is 259 g/mol. The zero-order chi connectivity index (χ0) is 14.1. The zero-order valence-electron chi connectivity index (χ0n) is 11.6. The van der Waals surface area contributed by atoms with Gasteiger partial charge in [-0.2, -0.15) is 0 Å². The molecule has 0 spiro atoms.